The zero-order valence-corrected chi connectivity index (χ0v) is 12.4. The zero-order valence-electron chi connectivity index (χ0n) is 12.4. The lowest BCUT2D eigenvalue weighted by molar-refractivity contribution is -0.207. The zero-order chi connectivity index (χ0) is 15.7. The molecule has 22 heavy (non-hydrogen) atoms. The van der Waals surface area contributed by atoms with E-state index in [-0.39, 0.29) is 11.4 Å². The number of aryl methyl sites for hydroxylation is 1. The summed E-state index contributed by atoms with van der Waals surface area (Å²) in [7, 11) is 3.49. The van der Waals surface area contributed by atoms with Gasteiger partial charge in [-0.2, -0.15) is 5.26 Å². The fourth-order valence-electron chi connectivity index (χ4n) is 3.95. The van der Waals surface area contributed by atoms with Crippen LogP contribution in [0.5, 0.6) is 0 Å². The van der Waals surface area contributed by atoms with Gasteiger partial charge in [-0.25, -0.2) is 9.37 Å². The number of rotatable bonds is 2. The summed E-state index contributed by atoms with van der Waals surface area (Å²) in [6, 6.07) is 5.60. The van der Waals surface area contributed by atoms with E-state index in [9.17, 15) is 9.18 Å². The van der Waals surface area contributed by atoms with Crippen LogP contribution in [0.1, 0.15) is 35.4 Å². The summed E-state index contributed by atoms with van der Waals surface area (Å²) in [5.74, 6) is -0.135. The van der Waals surface area contributed by atoms with Crippen molar-refractivity contribution < 1.29 is 9.18 Å². The van der Waals surface area contributed by atoms with Crippen LogP contribution < -0.4 is 0 Å². The highest BCUT2D eigenvalue weighted by molar-refractivity contribution is 6.00. The molecule has 3 aliphatic rings. The number of nitrogens with zero attached hydrogens (tertiary/aromatic N) is 4. The smallest absolute Gasteiger partial charge is 0.270 e. The minimum atomic E-state index is -1.04. The van der Waals surface area contributed by atoms with Gasteiger partial charge in [-0.3, -0.25) is 4.79 Å². The molecule has 0 N–H and O–H groups in total. The first-order valence-corrected chi connectivity index (χ1v) is 7.21. The van der Waals surface area contributed by atoms with Gasteiger partial charge >= 0.3 is 0 Å². The first kappa shape index (κ1) is 13.3. The van der Waals surface area contributed by atoms with Gasteiger partial charge in [-0.15, -0.1) is 0 Å². The van der Waals surface area contributed by atoms with Crippen LogP contribution in [-0.2, 0) is 7.05 Å². The van der Waals surface area contributed by atoms with Gasteiger partial charge in [0, 0.05) is 44.9 Å². The number of alkyl halides is 1. The summed E-state index contributed by atoms with van der Waals surface area (Å²) in [5.41, 5.74) is 0.111. The number of nitriles is 1. The Bertz CT molecular complexity index is 843. The second-order valence-corrected chi connectivity index (χ2v) is 6.57. The van der Waals surface area contributed by atoms with Crippen molar-refractivity contribution in [3.63, 3.8) is 0 Å². The van der Waals surface area contributed by atoms with Crippen molar-refractivity contribution in [3.05, 3.63) is 29.7 Å². The largest absolute Gasteiger partial charge is 0.337 e. The van der Waals surface area contributed by atoms with E-state index >= 15 is 0 Å². The molecule has 2 aromatic heterocycles. The third kappa shape index (κ3) is 1.46. The molecule has 6 heteroatoms. The average Bonchev–Trinajstić information content (AvgIpc) is 2.79. The molecule has 2 aromatic rings. The first-order chi connectivity index (χ1) is 10.4. The third-order valence-electron chi connectivity index (χ3n) is 5.22. The molecule has 0 radical (unpaired) electrons. The monoisotopic (exact) mass is 298 g/mol. The van der Waals surface area contributed by atoms with Crippen LogP contribution in [0.25, 0.3) is 10.9 Å². The topological polar surface area (TPSA) is 61.9 Å². The molecule has 5 rings (SSSR count). The van der Waals surface area contributed by atoms with Crippen LogP contribution in [0, 0.1) is 11.3 Å². The Balaban J connectivity index is 1.74. The summed E-state index contributed by atoms with van der Waals surface area (Å²) >= 11 is 0. The maximum atomic E-state index is 13.7. The van der Waals surface area contributed by atoms with Gasteiger partial charge in [0.1, 0.15) is 17.4 Å². The summed E-state index contributed by atoms with van der Waals surface area (Å²) < 4.78 is 15.4. The Morgan fingerprint density at radius 2 is 2.18 bits per heavy atom. The fraction of sp³-hybridized carbons (Fsp3) is 0.438. The Hall–Kier alpha value is -2.42. The molecule has 2 heterocycles. The van der Waals surface area contributed by atoms with E-state index in [2.05, 4.69) is 11.1 Å². The van der Waals surface area contributed by atoms with Crippen molar-refractivity contribution in [3.8, 4) is 6.07 Å². The van der Waals surface area contributed by atoms with Crippen LogP contribution in [0.15, 0.2) is 18.3 Å². The molecular formula is C16H15FN4O. The van der Waals surface area contributed by atoms with Crippen molar-refractivity contribution >= 4 is 16.8 Å². The van der Waals surface area contributed by atoms with Crippen molar-refractivity contribution in [2.24, 2.45) is 7.05 Å². The van der Waals surface area contributed by atoms with E-state index in [0.717, 1.165) is 5.39 Å². The quantitative estimate of drug-likeness (QED) is 0.853. The fourth-order valence-corrected chi connectivity index (χ4v) is 3.95. The van der Waals surface area contributed by atoms with Crippen LogP contribution in [0.3, 0.4) is 0 Å². The number of fused-ring (bicyclic) bond motifs is 1. The molecule has 0 spiro atoms. The number of halogens is 1. The third-order valence-corrected chi connectivity index (χ3v) is 5.22. The molecule has 0 unspecified atom stereocenters. The van der Waals surface area contributed by atoms with Gasteiger partial charge in [0.05, 0.1) is 11.1 Å². The molecule has 0 aliphatic heterocycles. The number of hydrogen-bond donors (Lipinski definition) is 0. The summed E-state index contributed by atoms with van der Waals surface area (Å²) in [6.45, 7) is 0. The van der Waals surface area contributed by atoms with Gasteiger partial charge in [0.2, 0.25) is 0 Å². The predicted octanol–water partition coefficient (Wildman–Crippen LogP) is 2.16. The van der Waals surface area contributed by atoms with Crippen molar-refractivity contribution in [1.29, 1.82) is 5.26 Å². The number of carbonyl (C=O) groups excluding carboxylic acids is 1. The molecular weight excluding hydrogens is 283 g/mol. The molecule has 0 atom stereocenters. The number of amides is 1. The van der Waals surface area contributed by atoms with E-state index < -0.39 is 5.67 Å². The minimum Gasteiger partial charge on any atom is -0.337 e. The van der Waals surface area contributed by atoms with E-state index in [0.29, 0.717) is 36.2 Å². The second kappa shape index (κ2) is 3.86. The molecule has 1 amide bonds. The molecule has 3 saturated carbocycles. The number of carbonyl (C=O) groups is 1. The maximum absolute atomic E-state index is 13.7. The van der Waals surface area contributed by atoms with Gasteiger partial charge in [-0.1, -0.05) is 0 Å². The lowest BCUT2D eigenvalue weighted by atomic mass is 9.47. The van der Waals surface area contributed by atoms with E-state index in [1.165, 1.54) is 0 Å². The lowest BCUT2D eigenvalue weighted by Crippen LogP contribution is -2.76. The molecule has 3 aliphatic carbocycles. The standard InChI is InChI=1S/C16H15FN4O/c1-20-12(5-10-3-4-19-11(6-18)13(10)20)14(22)21(2)16-7-15(17,8-16)9-16/h3-5H,7-9H2,1-2H3. The van der Waals surface area contributed by atoms with Crippen LogP contribution in [0.2, 0.25) is 0 Å². The second-order valence-electron chi connectivity index (χ2n) is 6.57. The predicted molar refractivity (Wildman–Crippen MR) is 77.9 cm³/mol. The number of hydrogen-bond acceptors (Lipinski definition) is 3. The molecule has 2 bridgehead atoms. The van der Waals surface area contributed by atoms with Crippen molar-refractivity contribution in [2.45, 2.75) is 30.5 Å². The first-order valence-electron chi connectivity index (χ1n) is 7.21. The van der Waals surface area contributed by atoms with Gasteiger partial charge in [0.25, 0.3) is 5.91 Å². The highest BCUT2D eigenvalue weighted by Gasteiger charge is 2.71. The summed E-state index contributed by atoms with van der Waals surface area (Å²) in [5, 5.41) is 9.98. The van der Waals surface area contributed by atoms with E-state index in [1.54, 1.807) is 41.9 Å². The Morgan fingerprint density at radius 3 is 2.77 bits per heavy atom. The van der Waals surface area contributed by atoms with Gasteiger partial charge < -0.3 is 9.47 Å². The number of aromatic nitrogens is 2. The number of pyridine rings is 1. The van der Waals surface area contributed by atoms with Crippen LogP contribution in [-0.4, -0.2) is 38.6 Å². The Labute approximate surface area is 127 Å². The molecule has 112 valence electrons. The minimum absolute atomic E-state index is 0.135. The highest BCUT2D eigenvalue weighted by Crippen LogP contribution is 2.65. The van der Waals surface area contributed by atoms with Gasteiger partial charge in [0.15, 0.2) is 5.69 Å². The highest BCUT2D eigenvalue weighted by atomic mass is 19.1. The van der Waals surface area contributed by atoms with E-state index in [4.69, 9.17) is 5.26 Å². The normalized spacial score (nSPS) is 28.6. The molecule has 3 fully saturated rings. The molecule has 5 nitrogen and oxygen atoms in total. The Kier molecular flexibility index (Phi) is 2.32. The van der Waals surface area contributed by atoms with E-state index in [1.807, 2.05) is 0 Å². The average molecular weight is 298 g/mol. The molecule has 0 saturated heterocycles. The molecule has 0 aromatic carbocycles. The SMILES string of the molecule is CN(C(=O)c1cc2ccnc(C#N)c2n1C)C12CC(F)(C1)C2. The maximum Gasteiger partial charge on any atom is 0.270 e. The summed E-state index contributed by atoms with van der Waals surface area (Å²) in [4.78, 5) is 18.5. The van der Waals surface area contributed by atoms with Gasteiger partial charge in [-0.05, 0) is 12.1 Å². The van der Waals surface area contributed by atoms with Crippen LogP contribution >= 0.6 is 0 Å². The lowest BCUT2D eigenvalue weighted by Gasteiger charge is -2.68. The summed E-state index contributed by atoms with van der Waals surface area (Å²) in [6.07, 6.45) is 2.89. The Morgan fingerprint density at radius 1 is 1.50 bits per heavy atom. The van der Waals surface area contributed by atoms with Crippen molar-refractivity contribution in [2.75, 3.05) is 7.05 Å². The van der Waals surface area contributed by atoms with Crippen LogP contribution in [0.4, 0.5) is 4.39 Å². The van der Waals surface area contributed by atoms with Crippen molar-refractivity contribution in [1.82, 2.24) is 14.5 Å².